The highest BCUT2D eigenvalue weighted by atomic mass is 35.5. The van der Waals surface area contributed by atoms with Crippen molar-refractivity contribution in [1.82, 2.24) is 34.9 Å². The Kier molecular flexibility index (Phi) is 6.47. The largest absolute Gasteiger partial charge is 0.382 e. The number of hydrogen-bond acceptors (Lipinski definition) is 9. The summed E-state index contributed by atoms with van der Waals surface area (Å²) < 4.78 is 3.34. The Hall–Kier alpha value is -4.13. The lowest BCUT2D eigenvalue weighted by Crippen LogP contribution is -2.57. The first-order valence-electron chi connectivity index (χ1n) is 12.3. The minimum atomic E-state index is -0.618. The van der Waals surface area contributed by atoms with Gasteiger partial charge >= 0.3 is 0 Å². The van der Waals surface area contributed by atoms with Crippen molar-refractivity contribution >= 4 is 46.7 Å². The van der Waals surface area contributed by atoms with Gasteiger partial charge in [0.25, 0.3) is 17.4 Å². The molecule has 13 nitrogen and oxygen atoms in total. The molecular formula is C24H29ClN10O3. The van der Waals surface area contributed by atoms with Crippen LogP contribution in [0.25, 0.3) is 5.70 Å². The Morgan fingerprint density at radius 3 is 2.61 bits per heavy atom. The molecule has 14 heteroatoms. The van der Waals surface area contributed by atoms with Gasteiger partial charge in [-0.15, -0.1) is 0 Å². The van der Waals surface area contributed by atoms with E-state index in [9.17, 15) is 14.4 Å². The van der Waals surface area contributed by atoms with Crippen LogP contribution in [0.2, 0.25) is 5.15 Å². The zero-order valence-corrected chi connectivity index (χ0v) is 21.9. The van der Waals surface area contributed by atoms with Crippen LogP contribution in [0.3, 0.4) is 0 Å². The average molecular weight is 541 g/mol. The summed E-state index contributed by atoms with van der Waals surface area (Å²) in [6, 6.07) is 0. The van der Waals surface area contributed by atoms with Crippen LogP contribution in [0.5, 0.6) is 0 Å². The zero-order valence-electron chi connectivity index (χ0n) is 21.1. The van der Waals surface area contributed by atoms with Gasteiger partial charge in [0.2, 0.25) is 0 Å². The molecule has 1 spiro atoms. The summed E-state index contributed by atoms with van der Waals surface area (Å²) in [6.45, 7) is 3.09. The standard InChI is InChI=1S/C24H29ClN10O3/c1-13-15(22(38)35(33(13)2)14-6-4-3-5-7-14)21(37)34-10-8-24(9-11-34)12-28-23(32-24)31-20(36)16-18(26)30-19(27)17(25)29-16/h3-4,6H,5,7-12H2,1-2H3,(H4,26,27,30)(H2,28,31,32,36). The molecule has 0 radical (unpaired) electrons. The maximum Gasteiger partial charge on any atom is 0.284 e. The molecule has 4 heterocycles. The first-order chi connectivity index (χ1) is 18.1. The van der Waals surface area contributed by atoms with Gasteiger partial charge in [0.15, 0.2) is 28.4 Å². The molecule has 3 aliphatic rings. The van der Waals surface area contributed by atoms with Crippen molar-refractivity contribution in [3.63, 3.8) is 0 Å². The van der Waals surface area contributed by atoms with Gasteiger partial charge in [-0.05, 0) is 38.7 Å². The number of halogens is 1. The van der Waals surface area contributed by atoms with E-state index in [-0.39, 0.29) is 45.5 Å². The minimum absolute atomic E-state index is 0.0647. The van der Waals surface area contributed by atoms with Gasteiger partial charge in [0, 0.05) is 25.8 Å². The first-order valence-corrected chi connectivity index (χ1v) is 12.6. The Morgan fingerprint density at radius 2 is 1.92 bits per heavy atom. The molecule has 2 aromatic heterocycles. The zero-order chi connectivity index (χ0) is 27.2. The monoisotopic (exact) mass is 540 g/mol. The van der Waals surface area contributed by atoms with Crippen LogP contribution in [0.15, 0.2) is 28.0 Å². The fourth-order valence-corrected chi connectivity index (χ4v) is 5.16. The first kappa shape index (κ1) is 25.5. The highest BCUT2D eigenvalue weighted by Gasteiger charge is 2.41. The third kappa shape index (κ3) is 4.42. The molecule has 0 bridgehead atoms. The van der Waals surface area contributed by atoms with E-state index in [1.54, 1.807) is 28.2 Å². The number of allylic oxidation sites excluding steroid dienone is 4. The second kappa shape index (κ2) is 9.63. The molecule has 1 aliphatic carbocycles. The number of piperidine rings is 1. The summed E-state index contributed by atoms with van der Waals surface area (Å²) in [7, 11) is 1.80. The van der Waals surface area contributed by atoms with Gasteiger partial charge in [0.05, 0.1) is 17.8 Å². The Bertz CT molecular complexity index is 1480. The fourth-order valence-electron chi connectivity index (χ4n) is 5.03. The molecule has 38 heavy (non-hydrogen) atoms. The van der Waals surface area contributed by atoms with E-state index in [4.69, 9.17) is 23.1 Å². The third-order valence-electron chi connectivity index (χ3n) is 7.31. The van der Waals surface area contributed by atoms with Crippen molar-refractivity contribution < 1.29 is 9.59 Å². The summed E-state index contributed by atoms with van der Waals surface area (Å²) in [5.74, 6) is -0.820. The van der Waals surface area contributed by atoms with Crippen molar-refractivity contribution in [3.8, 4) is 0 Å². The van der Waals surface area contributed by atoms with Gasteiger partial charge in [0.1, 0.15) is 5.56 Å². The lowest BCUT2D eigenvalue weighted by atomic mass is 9.88. The number of nitrogen functional groups attached to an aromatic ring is 2. The topological polar surface area (TPSA) is 179 Å². The summed E-state index contributed by atoms with van der Waals surface area (Å²) in [4.78, 5) is 53.3. The van der Waals surface area contributed by atoms with Gasteiger partial charge in [-0.3, -0.25) is 29.4 Å². The molecular weight excluding hydrogens is 512 g/mol. The number of carbonyl (C=O) groups excluding carboxylic acids is 2. The lowest BCUT2D eigenvalue weighted by Gasteiger charge is -2.39. The van der Waals surface area contributed by atoms with Crippen molar-refractivity contribution in [2.24, 2.45) is 12.0 Å². The van der Waals surface area contributed by atoms with Crippen molar-refractivity contribution in [1.29, 1.82) is 0 Å². The fraction of sp³-hybridized carbons (Fsp3) is 0.417. The van der Waals surface area contributed by atoms with Crippen LogP contribution < -0.4 is 27.7 Å². The number of carbonyl (C=O) groups is 2. The molecule has 2 aliphatic heterocycles. The van der Waals surface area contributed by atoms with Crippen LogP contribution in [-0.4, -0.2) is 67.2 Å². The molecule has 2 amide bonds. The third-order valence-corrected chi connectivity index (χ3v) is 7.59. The number of rotatable bonds is 3. The summed E-state index contributed by atoms with van der Waals surface area (Å²) >= 11 is 5.88. The molecule has 0 unspecified atom stereocenters. The Labute approximate surface area is 223 Å². The van der Waals surface area contributed by atoms with Crippen LogP contribution in [0.4, 0.5) is 11.6 Å². The average Bonchev–Trinajstić information content (AvgIpc) is 3.38. The Morgan fingerprint density at radius 1 is 1.18 bits per heavy atom. The summed E-state index contributed by atoms with van der Waals surface area (Å²) in [5.41, 5.74) is 12.2. The second-order valence-corrected chi connectivity index (χ2v) is 10.0. The summed E-state index contributed by atoms with van der Waals surface area (Å²) in [5, 5.41) is 5.81. The van der Waals surface area contributed by atoms with Crippen molar-refractivity contribution in [2.75, 3.05) is 31.1 Å². The molecule has 1 fully saturated rings. The Balaban J connectivity index is 1.24. The molecule has 0 aromatic carbocycles. The van der Waals surface area contributed by atoms with Crippen LogP contribution in [0, 0.1) is 6.92 Å². The predicted octanol–water partition coefficient (Wildman–Crippen LogP) is 0.658. The van der Waals surface area contributed by atoms with E-state index < -0.39 is 11.4 Å². The lowest BCUT2D eigenvalue weighted by molar-refractivity contribution is 0.0666. The van der Waals surface area contributed by atoms with Crippen molar-refractivity contribution in [3.05, 3.63) is 50.7 Å². The molecule has 1 saturated heterocycles. The number of likely N-dealkylation sites (tertiary alicyclic amines) is 1. The van der Waals surface area contributed by atoms with Gasteiger partial charge < -0.3 is 21.7 Å². The van der Waals surface area contributed by atoms with Crippen LogP contribution >= 0.6 is 11.6 Å². The number of nitrogens with zero attached hydrogens (tertiary/aromatic N) is 6. The highest BCUT2D eigenvalue weighted by molar-refractivity contribution is 6.31. The van der Waals surface area contributed by atoms with Crippen LogP contribution in [-0.2, 0) is 7.05 Å². The number of aromatic nitrogens is 4. The maximum atomic E-state index is 13.5. The van der Waals surface area contributed by atoms with E-state index in [1.807, 2.05) is 12.2 Å². The smallest absolute Gasteiger partial charge is 0.284 e. The predicted molar refractivity (Wildman–Crippen MR) is 144 cm³/mol. The van der Waals surface area contributed by atoms with Gasteiger partial charge in [-0.2, -0.15) is 0 Å². The van der Waals surface area contributed by atoms with E-state index in [2.05, 4.69) is 31.7 Å². The van der Waals surface area contributed by atoms with Gasteiger partial charge in [-0.1, -0.05) is 23.8 Å². The van der Waals surface area contributed by atoms with Crippen molar-refractivity contribution in [2.45, 2.75) is 38.1 Å². The number of amides is 2. The second-order valence-electron chi connectivity index (χ2n) is 9.68. The molecule has 6 N–H and O–H groups in total. The van der Waals surface area contributed by atoms with E-state index in [1.165, 1.54) is 0 Å². The maximum absolute atomic E-state index is 13.5. The number of guanidine groups is 1. The quantitative estimate of drug-likeness (QED) is 0.438. The molecule has 0 saturated carbocycles. The molecule has 0 atom stereocenters. The SMILES string of the molecule is Cc1c(C(=O)N2CCC3(CC2)CN=C(NC(=O)c2nc(Cl)c(N)nc2N)N3)c(=O)n(C2=CC=CCC2)n1C. The van der Waals surface area contributed by atoms with Crippen LogP contribution in [0.1, 0.15) is 52.2 Å². The number of hydrogen-bond donors (Lipinski definition) is 4. The van der Waals surface area contributed by atoms with E-state index in [0.29, 0.717) is 38.2 Å². The van der Waals surface area contributed by atoms with E-state index in [0.717, 1.165) is 18.5 Å². The highest BCUT2D eigenvalue weighted by Crippen LogP contribution is 2.27. The number of aliphatic imine (C=N–C) groups is 1. The number of nitrogens with one attached hydrogen (secondary N) is 2. The normalized spacial score (nSPS) is 18.2. The molecule has 200 valence electrons. The molecule has 2 aromatic rings. The van der Waals surface area contributed by atoms with Gasteiger partial charge in [-0.25, -0.2) is 14.6 Å². The number of nitrogens with two attached hydrogens (primary N) is 2. The van der Waals surface area contributed by atoms with E-state index >= 15 is 0 Å². The minimum Gasteiger partial charge on any atom is -0.382 e. The summed E-state index contributed by atoms with van der Waals surface area (Å²) in [6.07, 6.45) is 8.66. The number of anilines is 2. The molecule has 5 rings (SSSR count).